The van der Waals surface area contributed by atoms with E-state index in [1.807, 2.05) is 0 Å². The van der Waals surface area contributed by atoms with Crippen molar-refractivity contribution in [2.24, 2.45) is 27.9 Å². The zero-order chi connectivity index (χ0) is 20.3. The summed E-state index contributed by atoms with van der Waals surface area (Å²) in [6.45, 7) is 0.0139. The van der Waals surface area contributed by atoms with E-state index in [4.69, 9.17) is 33.5 Å². The molecule has 2 atom stereocenters. The topological polar surface area (TPSA) is 253 Å². The number of hydrazine groups is 1. The number of nitrogens with two attached hydrogens (primary N) is 4. The number of carbonyl (C=O) groups excluding carboxylic acids is 1. The second-order valence-corrected chi connectivity index (χ2v) is 5.34. The molecule has 0 radical (unpaired) electrons. The van der Waals surface area contributed by atoms with Crippen molar-refractivity contribution in [1.29, 1.82) is 5.41 Å². The minimum Gasteiger partial charge on any atom is -0.480 e. The van der Waals surface area contributed by atoms with Gasteiger partial charge in [0.2, 0.25) is 5.91 Å². The Balaban J connectivity index is 4.42. The number of carboxylic acid groups (broad SMARTS) is 1. The van der Waals surface area contributed by atoms with E-state index in [9.17, 15) is 19.7 Å². The van der Waals surface area contributed by atoms with Gasteiger partial charge in [0.05, 0.1) is 12.6 Å². The third-order valence-electron chi connectivity index (χ3n) is 3.26. The van der Waals surface area contributed by atoms with Crippen molar-refractivity contribution >= 4 is 23.8 Å². The fourth-order valence-electron chi connectivity index (χ4n) is 1.92. The van der Waals surface area contributed by atoms with Gasteiger partial charge in [0.15, 0.2) is 11.0 Å². The maximum atomic E-state index is 12.0. The number of aliphatic carboxylic acids is 1. The lowest BCUT2D eigenvalue weighted by molar-refractivity contribution is -0.629. The second kappa shape index (κ2) is 11.4. The van der Waals surface area contributed by atoms with Crippen LogP contribution in [0.15, 0.2) is 4.99 Å². The molecular weight excluding hydrogens is 350 g/mol. The molecule has 26 heavy (non-hydrogen) atoms. The molecule has 0 spiro atoms. The molecule has 11 N–H and O–H groups in total. The highest BCUT2D eigenvalue weighted by molar-refractivity contribution is 5.86. The number of nitrogens with zero attached hydrogens (tertiary/aromatic N) is 3. The Morgan fingerprint density at radius 3 is 2.35 bits per heavy atom. The molecule has 0 bridgehead atoms. The Kier molecular flexibility index (Phi) is 10.0. The lowest BCUT2D eigenvalue weighted by atomic mass is 10.1. The maximum absolute atomic E-state index is 12.0. The van der Waals surface area contributed by atoms with Gasteiger partial charge < -0.3 is 33.4 Å². The van der Waals surface area contributed by atoms with Crippen LogP contribution in [0.1, 0.15) is 25.7 Å². The minimum atomic E-state index is -1.23. The predicted molar refractivity (Wildman–Crippen MR) is 92.3 cm³/mol. The molecular formula is C12H25N9O5. The van der Waals surface area contributed by atoms with E-state index in [0.717, 1.165) is 0 Å². The Hall–Kier alpha value is -3.16. The smallest absolute Gasteiger partial charge is 0.326 e. The monoisotopic (exact) mass is 375 g/mol. The fraction of sp³-hybridized carbons (Fsp3) is 0.667. The highest BCUT2D eigenvalue weighted by atomic mass is 16.7. The van der Waals surface area contributed by atoms with Crippen LogP contribution in [-0.4, -0.2) is 64.1 Å². The Morgan fingerprint density at radius 1 is 1.27 bits per heavy atom. The number of aliphatic imine (C=N–C) groups is 1. The summed E-state index contributed by atoms with van der Waals surface area (Å²) >= 11 is 0. The average molecular weight is 375 g/mol. The summed E-state index contributed by atoms with van der Waals surface area (Å²) in [6, 6.07) is -2.22. The van der Waals surface area contributed by atoms with Crippen molar-refractivity contribution < 1.29 is 19.7 Å². The normalized spacial score (nSPS) is 12.5. The second-order valence-electron chi connectivity index (χ2n) is 5.34. The molecule has 0 rings (SSSR count). The van der Waals surface area contributed by atoms with Gasteiger partial charge in [0.1, 0.15) is 6.04 Å². The van der Waals surface area contributed by atoms with E-state index in [2.05, 4.69) is 10.3 Å². The molecule has 0 saturated heterocycles. The average Bonchev–Trinajstić information content (AvgIpc) is 2.52. The molecule has 1 amide bonds. The maximum Gasteiger partial charge on any atom is 0.326 e. The summed E-state index contributed by atoms with van der Waals surface area (Å²) in [6.07, 6.45) is 0.589. The van der Waals surface area contributed by atoms with E-state index in [1.165, 1.54) is 0 Å². The van der Waals surface area contributed by atoms with Crippen LogP contribution in [0.5, 0.6) is 0 Å². The van der Waals surface area contributed by atoms with Gasteiger partial charge in [-0.05, 0) is 25.7 Å². The van der Waals surface area contributed by atoms with Crippen molar-refractivity contribution in [2.45, 2.75) is 37.8 Å². The first-order chi connectivity index (χ1) is 12.1. The standard InChI is InChI=1S/C12H25N9O5/c13-7(3-2-6-20(12(16)17)21(25)26)9(22)19-8(10(23)24)4-1-5-18-11(14)15/h7-8H,1-6,13H2,(H3,16,17)(H,19,22)(H,23,24)(H4,14,15,18)/t7-,8-/m0/s1. The number of guanidine groups is 2. The molecule has 14 nitrogen and oxygen atoms in total. The number of carboxylic acids is 1. The first kappa shape index (κ1) is 22.8. The van der Waals surface area contributed by atoms with Gasteiger partial charge in [-0.25, -0.2) is 14.9 Å². The molecule has 14 heteroatoms. The number of hydrogen-bond acceptors (Lipinski definition) is 7. The molecule has 0 aromatic carbocycles. The number of rotatable bonds is 12. The highest BCUT2D eigenvalue weighted by Gasteiger charge is 2.24. The molecule has 0 unspecified atom stereocenters. The zero-order valence-electron chi connectivity index (χ0n) is 14.1. The van der Waals surface area contributed by atoms with Gasteiger partial charge in [-0.1, -0.05) is 5.01 Å². The van der Waals surface area contributed by atoms with Crippen molar-refractivity contribution in [3.8, 4) is 0 Å². The van der Waals surface area contributed by atoms with Crippen LogP contribution >= 0.6 is 0 Å². The van der Waals surface area contributed by atoms with E-state index >= 15 is 0 Å². The number of nitro groups is 1. The number of hydrogen-bond donors (Lipinski definition) is 7. The van der Waals surface area contributed by atoms with E-state index < -0.39 is 35.0 Å². The number of nitrogens with one attached hydrogen (secondary N) is 2. The quantitative estimate of drug-likeness (QED) is 0.0601. The summed E-state index contributed by atoms with van der Waals surface area (Å²) in [7, 11) is 0. The van der Waals surface area contributed by atoms with Crippen LogP contribution in [0, 0.1) is 15.5 Å². The van der Waals surface area contributed by atoms with Gasteiger partial charge in [-0.2, -0.15) is 0 Å². The molecule has 148 valence electrons. The van der Waals surface area contributed by atoms with E-state index in [-0.39, 0.29) is 38.3 Å². The van der Waals surface area contributed by atoms with Crippen molar-refractivity contribution in [2.75, 3.05) is 13.1 Å². The fourth-order valence-corrected chi connectivity index (χ4v) is 1.92. The van der Waals surface area contributed by atoms with Gasteiger partial charge >= 0.3 is 5.97 Å². The lowest BCUT2D eigenvalue weighted by Gasteiger charge is -2.18. The highest BCUT2D eigenvalue weighted by Crippen LogP contribution is 2.02. The molecule has 0 heterocycles. The van der Waals surface area contributed by atoms with Crippen molar-refractivity contribution in [3.05, 3.63) is 10.1 Å². The first-order valence-corrected chi connectivity index (χ1v) is 7.66. The van der Waals surface area contributed by atoms with Gasteiger partial charge in [0, 0.05) is 6.54 Å². The molecule has 0 saturated carbocycles. The van der Waals surface area contributed by atoms with E-state index in [0.29, 0.717) is 11.4 Å². The van der Waals surface area contributed by atoms with Gasteiger partial charge in [-0.15, -0.1) is 0 Å². The summed E-state index contributed by atoms with van der Waals surface area (Å²) < 4.78 is 0. The van der Waals surface area contributed by atoms with Crippen LogP contribution in [0.2, 0.25) is 0 Å². The van der Waals surface area contributed by atoms with Crippen LogP contribution in [0.4, 0.5) is 0 Å². The predicted octanol–water partition coefficient (Wildman–Crippen LogP) is -2.90. The third kappa shape index (κ3) is 9.21. The van der Waals surface area contributed by atoms with Crippen molar-refractivity contribution in [3.63, 3.8) is 0 Å². The Bertz CT molecular complexity index is 535. The third-order valence-corrected chi connectivity index (χ3v) is 3.26. The Labute approximate surface area is 149 Å². The molecule has 0 aromatic heterocycles. The molecule has 0 aliphatic heterocycles. The molecule has 0 aromatic rings. The molecule has 0 aliphatic rings. The van der Waals surface area contributed by atoms with Crippen LogP contribution in [-0.2, 0) is 9.59 Å². The lowest BCUT2D eigenvalue weighted by Crippen LogP contribution is -2.49. The summed E-state index contributed by atoms with van der Waals surface area (Å²) in [5.74, 6) is -2.78. The number of amides is 1. The minimum absolute atomic E-state index is 0.0454. The SMILES string of the molecule is N=C(N)N(CCC[C@H](N)C(=O)N[C@@H](CCCN=C(N)N)C(=O)O)[N+](=O)[O-]. The summed E-state index contributed by atoms with van der Waals surface area (Å²) in [5, 5.41) is 28.7. The largest absolute Gasteiger partial charge is 0.480 e. The van der Waals surface area contributed by atoms with Gasteiger partial charge in [0.25, 0.3) is 5.96 Å². The molecule has 0 fully saturated rings. The van der Waals surface area contributed by atoms with Gasteiger partial charge in [-0.3, -0.25) is 15.2 Å². The van der Waals surface area contributed by atoms with Crippen LogP contribution < -0.4 is 28.3 Å². The summed E-state index contributed by atoms with van der Waals surface area (Å²) in [4.78, 5) is 37.5. The molecule has 0 aliphatic carbocycles. The number of carbonyl (C=O) groups is 2. The summed E-state index contributed by atoms with van der Waals surface area (Å²) in [5.41, 5.74) is 21.0. The first-order valence-electron chi connectivity index (χ1n) is 7.66. The van der Waals surface area contributed by atoms with Crippen LogP contribution in [0.3, 0.4) is 0 Å². The Morgan fingerprint density at radius 2 is 1.88 bits per heavy atom. The van der Waals surface area contributed by atoms with Crippen LogP contribution in [0.25, 0.3) is 0 Å². The zero-order valence-corrected chi connectivity index (χ0v) is 14.1. The van der Waals surface area contributed by atoms with E-state index in [1.54, 1.807) is 0 Å². The van der Waals surface area contributed by atoms with Crippen molar-refractivity contribution in [1.82, 2.24) is 10.3 Å².